The molecule has 5 nitrogen and oxygen atoms in total. The van der Waals surface area contributed by atoms with E-state index in [9.17, 15) is 13.2 Å². The molecule has 2 N–H and O–H groups in total. The summed E-state index contributed by atoms with van der Waals surface area (Å²) in [5.74, 6) is -0.512. The number of carbonyl (C=O) groups excluding carboxylic acids is 1. The number of nitrogens with two attached hydrogens (primary N) is 1. The molecule has 6 heteroatoms. The second-order valence-electron chi connectivity index (χ2n) is 4.63. The number of rotatable bonds is 5. The van der Waals surface area contributed by atoms with E-state index >= 15 is 0 Å². The zero-order chi connectivity index (χ0) is 14.1. The van der Waals surface area contributed by atoms with Gasteiger partial charge < -0.3 is 10.5 Å². The zero-order valence-electron chi connectivity index (χ0n) is 10.7. The molecule has 2 rings (SSSR count). The Labute approximate surface area is 112 Å². The Morgan fingerprint density at radius 1 is 1.42 bits per heavy atom. The van der Waals surface area contributed by atoms with Gasteiger partial charge in [-0.15, -0.1) is 0 Å². The Morgan fingerprint density at radius 2 is 2.05 bits per heavy atom. The highest BCUT2D eigenvalue weighted by Crippen LogP contribution is 2.52. The number of benzene rings is 1. The highest BCUT2D eigenvalue weighted by molar-refractivity contribution is 7.92. The normalized spacial score (nSPS) is 25.9. The largest absolute Gasteiger partial charge is 0.465 e. The molecule has 0 spiro atoms. The van der Waals surface area contributed by atoms with Crippen LogP contribution in [0, 0.1) is 5.41 Å². The lowest BCUT2D eigenvalue weighted by Gasteiger charge is -2.13. The van der Waals surface area contributed by atoms with E-state index in [4.69, 9.17) is 10.5 Å². The van der Waals surface area contributed by atoms with Crippen LogP contribution in [0.2, 0.25) is 0 Å². The molecule has 1 saturated carbocycles. The highest BCUT2D eigenvalue weighted by Gasteiger charge is 2.66. The maximum atomic E-state index is 12.4. The smallest absolute Gasteiger partial charge is 0.314 e. The average Bonchev–Trinajstić information content (AvgIpc) is 3.17. The highest BCUT2D eigenvalue weighted by atomic mass is 32.2. The number of hydrogen-bond donors (Lipinski definition) is 1. The predicted molar refractivity (Wildman–Crippen MR) is 70.2 cm³/mol. The van der Waals surface area contributed by atoms with Crippen LogP contribution in [-0.2, 0) is 19.4 Å². The van der Waals surface area contributed by atoms with Crippen molar-refractivity contribution in [2.45, 2.75) is 23.5 Å². The van der Waals surface area contributed by atoms with Crippen LogP contribution in [0.15, 0.2) is 35.2 Å². The molecule has 1 fully saturated rings. The van der Waals surface area contributed by atoms with Crippen molar-refractivity contribution in [1.29, 1.82) is 0 Å². The van der Waals surface area contributed by atoms with Crippen molar-refractivity contribution in [2.75, 3.05) is 13.2 Å². The summed E-state index contributed by atoms with van der Waals surface area (Å²) in [5, 5.41) is -0.772. The molecule has 0 aliphatic heterocycles. The molecule has 2 atom stereocenters. The number of ether oxygens (including phenoxy) is 1. The molecule has 1 aliphatic carbocycles. The molecule has 0 bridgehead atoms. The third-order valence-electron chi connectivity index (χ3n) is 3.50. The SMILES string of the molecule is CCOC(=O)C1(CN)CC1S(=O)(=O)c1ccccc1. The van der Waals surface area contributed by atoms with E-state index in [0.717, 1.165) is 0 Å². The van der Waals surface area contributed by atoms with Crippen molar-refractivity contribution in [3.05, 3.63) is 30.3 Å². The van der Waals surface area contributed by atoms with Crippen molar-refractivity contribution in [2.24, 2.45) is 11.1 Å². The van der Waals surface area contributed by atoms with Gasteiger partial charge in [0.25, 0.3) is 0 Å². The lowest BCUT2D eigenvalue weighted by Crippen LogP contribution is -2.33. The molecule has 0 aromatic heterocycles. The Bertz CT molecular complexity index is 570. The van der Waals surface area contributed by atoms with E-state index < -0.39 is 26.5 Å². The van der Waals surface area contributed by atoms with Crippen molar-refractivity contribution in [3.8, 4) is 0 Å². The summed E-state index contributed by atoms with van der Waals surface area (Å²) >= 11 is 0. The number of hydrogen-bond acceptors (Lipinski definition) is 5. The fourth-order valence-electron chi connectivity index (χ4n) is 2.24. The Hall–Kier alpha value is -1.40. The first-order valence-corrected chi connectivity index (χ1v) is 7.70. The number of carbonyl (C=O) groups is 1. The standard InChI is InChI=1S/C13H17NO4S/c1-2-18-12(15)13(9-14)8-11(13)19(16,17)10-6-4-3-5-7-10/h3-7,11H,2,8-9,14H2,1H3. The van der Waals surface area contributed by atoms with E-state index in [1.807, 2.05) is 0 Å². The molecular weight excluding hydrogens is 266 g/mol. The van der Waals surface area contributed by atoms with E-state index in [0.29, 0.717) is 0 Å². The van der Waals surface area contributed by atoms with Gasteiger partial charge in [0.1, 0.15) is 0 Å². The Kier molecular flexibility index (Phi) is 3.64. The van der Waals surface area contributed by atoms with Crippen molar-refractivity contribution >= 4 is 15.8 Å². The van der Waals surface area contributed by atoms with Crippen molar-refractivity contribution in [3.63, 3.8) is 0 Å². The molecule has 0 amide bonds. The monoisotopic (exact) mass is 283 g/mol. The van der Waals surface area contributed by atoms with Gasteiger partial charge in [0, 0.05) is 6.54 Å². The Morgan fingerprint density at radius 3 is 2.58 bits per heavy atom. The van der Waals surface area contributed by atoms with Crippen LogP contribution in [0.1, 0.15) is 13.3 Å². The van der Waals surface area contributed by atoms with E-state index in [2.05, 4.69) is 0 Å². The lowest BCUT2D eigenvalue weighted by atomic mass is 10.1. The van der Waals surface area contributed by atoms with Gasteiger partial charge in [0.05, 0.1) is 22.2 Å². The van der Waals surface area contributed by atoms with E-state index in [1.165, 1.54) is 12.1 Å². The molecule has 0 saturated heterocycles. The van der Waals surface area contributed by atoms with Crippen molar-refractivity contribution in [1.82, 2.24) is 0 Å². The quantitative estimate of drug-likeness (QED) is 0.805. The van der Waals surface area contributed by atoms with Crippen molar-refractivity contribution < 1.29 is 17.9 Å². The van der Waals surface area contributed by atoms with Crippen LogP contribution in [-0.4, -0.2) is 32.8 Å². The third-order valence-corrected chi connectivity index (χ3v) is 5.79. The first-order valence-electron chi connectivity index (χ1n) is 6.15. The maximum Gasteiger partial charge on any atom is 0.314 e. The fourth-order valence-corrected chi connectivity index (χ4v) is 4.41. The topological polar surface area (TPSA) is 86.5 Å². The van der Waals surface area contributed by atoms with Gasteiger partial charge >= 0.3 is 5.97 Å². The molecule has 104 valence electrons. The summed E-state index contributed by atoms with van der Waals surface area (Å²) in [4.78, 5) is 12.1. The number of esters is 1. The van der Waals surface area contributed by atoms with Gasteiger partial charge in [-0.3, -0.25) is 4.79 Å². The summed E-state index contributed by atoms with van der Waals surface area (Å²) in [6.45, 7) is 1.90. The van der Waals surface area contributed by atoms with Crippen LogP contribution in [0.5, 0.6) is 0 Å². The van der Waals surface area contributed by atoms with E-state index in [1.54, 1.807) is 25.1 Å². The zero-order valence-corrected chi connectivity index (χ0v) is 11.5. The second kappa shape index (κ2) is 4.94. The van der Waals surface area contributed by atoms with E-state index in [-0.39, 0.29) is 24.5 Å². The average molecular weight is 283 g/mol. The Balaban J connectivity index is 2.28. The predicted octanol–water partition coefficient (Wildman–Crippen LogP) is 0.741. The molecule has 1 aliphatic rings. The summed E-state index contributed by atoms with van der Waals surface area (Å²) in [6, 6.07) is 8.11. The minimum atomic E-state index is -3.53. The molecule has 2 unspecified atom stereocenters. The molecule has 0 radical (unpaired) electrons. The van der Waals surface area contributed by atoms with Crippen LogP contribution in [0.3, 0.4) is 0 Å². The molecule has 0 heterocycles. The minimum absolute atomic E-state index is 0.0113. The van der Waals surface area contributed by atoms with Crippen LogP contribution in [0.4, 0.5) is 0 Å². The second-order valence-corrected chi connectivity index (χ2v) is 6.76. The third kappa shape index (κ3) is 2.26. The summed E-state index contributed by atoms with van der Waals surface area (Å²) in [7, 11) is -3.53. The van der Waals surface area contributed by atoms with Crippen LogP contribution < -0.4 is 5.73 Å². The minimum Gasteiger partial charge on any atom is -0.465 e. The van der Waals surface area contributed by atoms with Crippen LogP contribution in [0.25, 0.3) is 0 Å². The van der Waals surface area contributed by atoms with Gasteiger partial charge in [-0.1, -0.05) is 18.2 Å². The summed E-state index contributed by atoms with van der Waals surface area (Å²) in [5.41, 5.74) is 4.54. The summed E-state index contributed by atoms with van der Waals surface area (Å²) < 4.78 is 29.8. The fraction of sp³-hybridized carbons (Fsp3) is 0.462. The molecular formula is C13H17NO4S. The molecule has 1 aromatic rings. The molecule has 1 aromatic carbocycles. The summed E-state index contributed by atoms with van der Waals surface area (Å²) in [6.07, 6.45) is 0.236. The van der Waals surface area contributed by atoms with Gasteiger partial charge in [0.2, 0.25) is 0 Å². The van der Waals surface area contributed by atoms with Gasteiger partial charge in [-0.25, -0.2) is 8.42 Å². The first kappa shape index (κ1) is 14.0. The maximum absolute atomic E-state index is 12.4. The van der Waals surface area contributed by atoms with Gasteiger partial charge in [0.15, 0.2) is 9.84 Å². The van der Waals surface area contributed by atoms with Crippen LogP contribution >= 0.6 is 0 Å². The number of sulfone groups is 1. The van der Waals surface area contributed by atoms with Gasteiger partial charge in [-0.2, -0.15) is 0 Å². The lowest BCUT2D eigenvalue weighted by molar-refractivity contribution is -0.149. The first-order chi connectivity index (χ1) is 8.99. The van der Waals surface area contributed by atoms with Gasteiger partial charge in [-0.05, 0) is 25.5 Å². The molecule has 19 heavy (non-hydrogen) atoms.